The highest BCUT2D eigenvalue weighted by molar-refractivity contribution is 7.89. The highest BCUT2D eigenvalue weighted by atomic mass is 32.2. The van der Waals surface area contributed by atoms with E-state index in [1.807, 2.05) is 0 Å². The predicted molar refractivity (Wildman–Crippen MR) is 125 cm³/mol. The minimum atomic E-state index is -2.48. The number of allylic oxidation sites excluding steroid dienone is 2. The monoisotopic (exact) mass is 498 g/mol. The molecule has 4 rings (SSSR count). The first kappa shape index (κ1) is 28.3. The number of hydrogen-bond donors (Lipinski definition) is 0. The van der Waals surface area contributed by atoms with Crippen LogP contribution in [-0.2, 0) is 22.2 Å². The summed E-state index contributed by atoms with van der Waals surface area (Å²) in [5.41, 5.74) is 17.9. The van der Waals surface area contributed by atoms with Crippen molar-refractivity contribution >= 4 is 56.1 Å². The van der Waals surface area contributed by atoms with Gasteiger partial charge in [0, 0.05) is 44.2 Å². The third kappa shape index (κ3) is 5.41. The maximum atomic E-state index is 11.7. The molecule has 12 heteroatoms. The fourth-order valence-electron chi connectivity index (χ4n) is 3.03. The average molecular weight is 499 g/mol. The number of fused-ring (bicyclic) bond motifs is 2. The van der Waals surface area contributed by atoms with Crippen LogP contribution in [-0.4, -0.2) is 50.1 Å². The van der Waals surface area contributed by atoms with E-state index in [1.165, 1.54) is 42.5 Å². The smallest absolute Gasteiger partial charge is 0.363 e. The van der Waals surface area contributed by atoms with Crippen LogP contribution < -0.4 is 0 Å². The molecule has 2 aliphatic carbocycles. The van der Waals surface area contributed by atoms with Crippen LogP contribution in [0.15, 0.2) is 59.5 Å². The van der Waals surface area contributed by atoms with Crippen molar-refractivity contribution in [1.82, 2.24) is 0 Å². The van der Waals surface area contributed by atoms with Crippen LogP contribution >= 0.6 is 0 Å². The molecule has 0 aromatic heterocycles. The molecule has 2 unspecified atom stereocenters. The average Bonchev–Trinajstić information content (AvgIpc) is 2.79. The van der Waals surface area contributed by atoms with Crippen LogP contribution in [0.5, 0.6) is 0 Å². The van der Waals surface area contributed by atoms with Crippen LogP contribution in [0.25, 0.3) is 22.0 Å². The number of carbonyl (C=O) groups excluding carboxylic acids is 2. The Morgan fingerprint density at radius 2 is 1.26 bits per heavy atom. The minimum absolute atomic E-state index is 0. The first-order chi connectivity index (χ1) is 15.3. The first-order valence-electron chi connectivity index (χ1n) is 8.64. The molecule has 0 spiro atoms. The summed E-state index contributed by atoms with van der Waals surface area (Å²) in [5.74, 6) is -0.986. The van der Waals surface area contributed by atoms with Crippen molar-refractivity contribution in [2.75, 3.05) is 0 Å². The van der Waals surface area contributed by atoms with Gasteiger partial charge >= 0.3 is 11.4 Å². The largest absolute Gasteiger partial charge is 0.768 e. The Hall–Kier alpha value is -3.76. The zero-order valence-corrected chi connectivity index (χ0v) is 17.5. The SMILES string of the molecule is C.C.[N-]=[N+]=C1C=C(S(=O)[O-])c2ccccc2C1=O.[N-]=[N+]=C1C=Cc2c(cccc2S(=O)[O-])C1=O. The highest BCUT2D eigenvalue weighted by Gasteiger charge is 2.30. The first-order valence-corrected chi connectivity index (χ1v) is 10.8. The molecule has 0 N–H and O–H groups in total. The molecule has 176 valence electrons. The van der Waals surface area contributed by atoms with Crippen LogP contribution in [0, 0.1) is 0 Å². The van der Waals surface area contributed by atoms with E-state index < -0.39 is 33.7 Å². The molecule has 2 aliphatic rings. The number of benzene rings is 2. The zero-order chi connectivity index (χ0) is 23.4. The standard InChI is InChI=1S/2C10H6N2O3S.2CH4/c11-12-8-5-4-6-7(10(8)13)2-1-3-9(6)16(14)15;11-12-8-5-9(16(14)15)6-3-1-2-4-7(6)10(8)13;;/h2*1-5H,(H,14,15);2*1H4/p-2. The Kier molecular flexibility index (Phi) is 9.91. The Balaban J connectivity index is 0.000000321. The Morgan fingerprint density at radius 3 is 1.82 bits per heavy atom. The molecule has 0 bridgehead atoms. The van der Waals surface area contributed by atoms with Crippen molar-refractivity contribution < 1.29 is 36.7 Å². The number of carbonyl (C=O) groups is 2. The molecule has 2 aromatic rings. The van der Waals surface area contributed by atoms with Crippen molar-refractivity contribution in [3.8, 4) is 0 Å². The molecule has 0 amide bonds. The van der Waals surface area contributed by atoms with Crippen molar-refractivity contribution in [3.05, 3.63) is 87.9 Å². The second-order valence-corrected chi connectivity index (χ2v) is 8.02. The molecule has 0 aliphatic heterocycles. The van der Waals surface area contributed by atoms with Gasteiger partial charge in [-0.05, 0) is 34.3 Å². The van der Waals surface area contributed by atoms with Gasteiger partial charge in [0.1, 0.15) is 0 Å². The summed E-state index contributed by atoms with van der Waals surface area (Å²) in [6.45, 7) is 0. The molecule has 0 radical (unpaired) electrons. The third-order valence-corrected chi connectivity index (χ3v) is 5.88. The molecule has 2 aromatic carbocycles. The summed E-state index contributed by atoms with van der Waals surface area (Å²) in [5, 5.41) is 0. The van der Waals surface area contributed by atoms with E-state index in [-0.39, 0.29) is 47.2 Å². The van der Waals surface area contributed by atoms with Crippen LogP contribution in [0.1, 0.15) is 46.7 Å². The topological polar surface area (TPSA) is 187 Å². The maximum Gasteiger partial charge on any atom is 0.363 e. The van der Waals surface area contributed by atoms with E-state index in [0.29, 0.717) is 11.1 Å². The summed E-state index contributed by atoms with van der Waals surface area (Å²) in [6, 6.07) is 10.6. The van der Waals surface area contributed by atoms with E-state index in [0.717, 1.165) is 6.08 Å². The van der Waals surface area contributed by atoms with Gasteiger partial charge < -0.3 is 20.2 Å². The molecular formula is C22H18N4O6S2-2. The number of ketones is 2. The molecule has 0 saturated heterocycles. The van der Waals surface area contributed by atoms with E-state index in [2.05, 4.69) is 9.58 Å². The zero-order valence-electron chi connectivity index (χ0n) is 15.8. The summed E-state index contributed by atoms with van der Waals surface area (Å²) >= 11 is -4.89. The maximum absolute atomic E-state index is 11.7. The van der Waals surface area contributed by atoms with Gasteiger partial charge in [0.2, 0.25) is 0 Å². The Morgan fingerprint density at radius 1 is 0.706 bits per heavy atom. The number of Topliss-reactive ketones (excluding diaryl/α,β-unsaturated/α-hetero) is 2. The van der Waals surface area contributed by atoms with Crippen molar-refractivity contribution in [3.63, 3.8) is 0 Å². The number of hydrogen-bond acceptors (Lipinski definition) is 6. The molecule has 34 heavy (non-hydrogen) atoms. The number of nitrogens with zero attached hydrogens (tertiary/aromatic N) is 4. The molecule has 2 atom stereocenters. The third-order valence-electron chi connectivity index (χ3n) is 4.46. The van der Waals surface area contributed by atoms with Gasteiger partial charge in [0.05, 0.1) is 0 Å². The van der Waals surface area contributed by atoms with E-state index in [9.17, 15) is 27.1 Å². The van der Waals surface area contributed by atoms with Gasteiger partial charge in [0.15, 0.2) is 0 Å². The van der Waals surface area contributed by atoms with Gasteiger partial charge in [-0.1, -0.05) is 51.3 Å². The van der Waals surface area contributed by atoms with E-state index in [1.54, 1.807) is 12.1 Å². The quantitative estimate of drug-likeness (QED) is 0.347. The van der Waals surface area contributed by atoms with Crippen LogP contribution in [0.2, 0.25) is 0 Å². The lowest BCUT2D eigenvalue weighted by atomic mass is 9.95. The predicted octanol–water partition coefficient (Wildman–Crippen LogP) is 2.85. The summed E-state index contributed by atoms with van der Waals surface area (Å²) in [7, 11) is 0. The molecular weight excluding hydrogens is 480 g/mol. The van der Waals surface area contributed by atoms with Gasteiger partial charge in [-0.3, -0.25) is 18.0 Å². The van der Waals surface area contributed by atoms with Gasteiger partial charge in [0.25, 0.3) is 11.6 Å². The van der Waals surface area contributed by atoms with E-state index in [4.69, 9.17) is 11.1 Å². The van der Waals surface area contributed by atoms with Crippen molar-refractivity contribution in [2.45, 2.75) is 19.7 Å². The Labute approximate surface area is 200 Å². The van der Waals surface area contributed by atoms with Crippen LogP contribution in [0.3, 0.4) is 0 Å². The summed E-state index contributed by atoms with van der Waals surface area (Å²) < 4.78 is 43.7. The minimum Gasteiger partial charge on any atom is -0.768 e. The van der Waals surface area contributed by atoms with Gasteiger partial charge in [-0.2, -0.15) is 9.58 Å². The highest BCUT2D eigenvalue weighted by Crippen LogP contribution is 2.26. The lowest BCUT2D eigenvalue weighted by Gasteiger charge is -2.15. The second kappa shape index (κ2) is 11.9. The van der Waals surface area contributed by atoms with Crippen LogP contribution in [0.4, 0.5) is 0 Å². The Bertz CT molecular complexity index is 1380. The van der Waals surface area contributed by atoms with E-state index >= 15 is 0 Å². The number of rotatable bonds is 2. The molecule has 0 fully saturated rings. The molecule has 0 saturated carbocycles. The molecule has 0 heterocycles. The van der Waals surface area contributed by atoms with Crippen molar-refractivity contribution in [2.24, 2.45) is 0 Å². The summed E-state index contributed by atoms with van der Waals surface area (Å²) in [4.78, 5) is 29.0. The van der Waals surface area contributed by atoms with Crippen molar-refractivity contribution in [1.29, 1.82) is 0 Å². The normalized spacial score (nSPS) is 14.9. The fourth-order valence-corrected chi connectivity index (χ4v) is 4.14. The fraction of sp³-hybridized carbons (Fsp3) is 0.0909. The van der Waals surface area contributed by atoms with Gasteiger partial charge in [-0.15, -0.1) is 0 Å². The lowest BCUT2D eigenvalue weighted by Crippen LogP contribution is -2.20. The summed E-state index contributed by atoms with van der Waals surface area (Å²) in [6.07, 6.45) is 3.77. The molecule has 10 nitrogen and oxygen atoms in total. The van der Waals surface area contributed by atoms with Gasteiger partial charge in [-0.25, -0.2) is 0 Å². The second-order valence-electron chi connectivity index (χ2n) is 6.20. The lowest BCUT2D eigenvalue weighted by molar-refractivity contribution is -0.00459.